The second-order valence-electron chi connectivity index (χ2n) is 3.10. The van der Waals surface area contributed by atoms with Crippen LogP contribution in [0, 0.1) is 11.3 Å². The maximum atomic E-state index is 12.1. The maximum absolute atomic E-state index is 12.1. The van der Waals surface area contributed by atoms with Gasteiger partial charge in [0.25, 0.3) is 0 Å². The highest BCUT2D eigenvalue weighted by molar-refractivity contribution is 5.73. The molecule has 0 radical (unpaired) electrons. The lowest BCUT2D eigenvalue weighted by Gasteiger charge is -2.13. The van der Waals surface area contributed by atoms with Crippen LogP contribution in [0.15, 0.2) is 6.07 Å². The van der Waals surface area contributed by atoms with Gasteiger partial charge in [-0.25, -0.2) is 4.98 Å². The minimum absolute atomic E-state index is 0.375. The van der Waals surface area contributed by atoms with E-state index in [-0.39, 0.29) is 5.82 Å². The van der Waals surface area contributed by atoms with E-state index in [2.05, 4.69) is 9.72 Å². The molecular weight excluding hydrogens is 255 g/mol. The number of halogens is 3. The number of nitrogens with two attached hydrogens (primary N) is 1. The molecule has 1 aromatic heterocycles. The van der Waals surface area contributed by atoms with Crippen LogP contribution in [-0.4, -0.2) is 22.4 Å². The third kappa shape index (κ3) is 3.51. The van der Waals surface area contributed by atoms with Crippen molar-refractivity contribution < 1.29 is 27.8 Å². The zero-order chi connectivity index (χ0) is 13.9. The SMILES string of the molecule is N#Cc1nc(N)cc(OC(F)(F)F)c1CC(=O)O. The normalized spacial score (nSPS) is 10.8. The van der Waals surface area contributed by atoms with Gasteiger partial charge in [0.05, 0.1) is 6.42 Å². The monoisotopic (exact) mass is 261 g/mol. The third-order valence-electron chi connectivity index (χ3n) is 1.76. The molecule has 3 N–H and O–H groups in total. The number of carboxylic acids is 1. The minimum atomic E-state index is -5.02. The summed E-state index contributed by atoms with van der Waals surface area (Å²) in [4.78, 5) is 14.0. The van der Waals surface area contributed by atoms with Gasteiger partial charge in [-0.3, -0.25) is 4.79 Å². The third-order valence-corrected chi connectivity index (χ3v) is 1.76. The van der Waals surface area contributed by atoms with Gasteiger partial charge in [0.15, 0.2) is 0 Å². The first-order valence-corrected chi connectivity index (χ1v) is 4.40. The van der Waals surface area contributed by atoms with Crippen molar-refractivity contribution in [3.05, 3.63) is 17.3 Å². The number of pyridine rings is 1. The number of nitrogens with zero attached hydrogens (tertiary/aromatic N) is 2. The second-order valence-corrected chi connectivity index (χ2v) is 3.10. The van der Waals surface area contributed by atoms with E-state index < -0.39 is 35.8 Å². The van der Waals surface area contributed by atoms with Gasteiger partial charge in [-0.15, -0.1) is 13.2 Å². The standard InChI is InChI=1S/C9H6F3N3O3/c10-9(11,12)18-6-2-7(14)15-5(3-13)4(6)1-8(16)17/h2H,1H2,(H2,14,15)(H,16,17). The summed E-state index contributed by atoms with van der Waals surface area (Å²) in [7, 11) is 0. The summed E-state index contributed by atoms with van der Waals surface area (Å²) in [6, 6.07) is 2.18. The highest BCUT2D eigenvalue weighted by Crippen LogP contribution is 2.29. The zero-order valence-corrected chi connectivity index (χ0v) is 8.65. The van der Waals surface area contributed by atoms with Crippen molar-refractivity contribution in [1.82, 2.24) is 4.98 Å². The number of nitrogen functional groups attached to an aromatic ring is 1. The Bertz CT molecular complexity index is 522. The number of anilines is 1. The number of carbonyl (C=O) groups is 1. The Labute approximate surface area is 98.4 Å². The molecule has 0 aliphatic heterocycles. The molecule has 0 aliphatic carbocycles. The molecule has 0 spiro atoms. The fraction of sp³-hybridized carbons (Fsp3) is 0.222. The molecule has 0 unspecified atom stereocenters. The average Bonchev–Trinajstić information content (AvgIpc) is 2.18. The van der Waals surface area contributed by atoms with Crippen LogP contribution in [0.3, 0.4) is 0 Å². The first-order valence-electron chi connectivity index (χ1n) is 4.40. The largest absolute Gasteiger partial charge is 0.573 e. The van der Waals surface area contributed by atoms with E-state index in [9.17, 15) is 18.0 Å². The minimum Gasteiger partial charge on any atom is -0.481 e. The molecule has 1 heterocycles. The van der Waals surface area contributed by atoms with Crippen molar-refractivity contribution in [1.29, 1.82) is 5.26 Å². The second kappa shape index (κ2) is 4.79. The van der Waals surface area contributed by atoms with Gasteiger partial charge < -0.3 is 15.6 Å². The van der Waals surface area contributed by atoms with Gasteiger partial charge in [-0.1, -0.05) is 0 Å². The van der Waals surface area contributed by atoms with Crippen molar-refractivity contribution in [2.24, 2.45) is 0 Å². The number of alkyl halides is 3. The van der Waals surface area contributed by atoms with E-state index in [1.54, 1.807) is 0 Å². The number of hydrogen-bond donors (Lipinski definition) is 2. The van der Waals surface area contributed by atoms with Crippen LogP contribution in [0.4, 0.5) is 19.0 Å². The van der Waals surface area contributed by atoms with Crippen molar-refractivity contribution in [2.45, 2.75) is 12.8 Å². The molecule has 0 aliphatic rings. The van der Waals surface area contributed by atoms with E-state index in [1.165, 1.54) is 6.07 Å². The van der Waals surface area contributed by atoms with Gasteiger partial charge >= 0.3 is 12.3 Å². The summed E-state index contributed by atoms with van der Waals surface area (Å²) in [5.74, 6) is -2.64. The lowest BCUT2D eigenvalue weighted by atomic mass is 10.1. The first kappa shape index (κ1) is 13.6. The lowest BCUT2D eigenvalue weighted by Crippen LogP contribution is -2.20. The van der Waals surface area contributed by atoms with Crippen molar-refractivity contribution in [3.8, 4) is 11.8 Å². The fourth-order valence-corrected chi connectivity index (χ4v) is 1.20. The molecule has 18 heavy (non-hydrogen) atoms. The van der Waals surface area contributed by atoms with E-state index >= 15 is 0 Å². The molecule has 9 heteroatoms. The van der Waals surface area contributed by atoms with Gasteiger partial charge in [0.2, 0.25) is 0 Å². The molecule has 1 aromatic rings. The van der Waals surface area contributed by atoms with Crippen LogP contribution in [0.25, 0.3) is 0 Å². The van der Waals surface area contributed by atoms with Crippen LogP contribution >= 0.6 is 0 Å². The Morgan fingerprint density at radius 2 is 2.22 bits per heavy atom. The van der Waals surface area contributed by atoms with Crippen LogP contribution in [0.2, 0.25) is 0 Å². The molecule has 0 bridgehead atoms. The van der Waals surface area contributed by atoms with Crippen LogP contribution < -0.4 is 10.5 Å². The molecular formula is C9H6F3N3O3. The lowest BCUT2D eigenvalue weighted by molar-refractivity contribution is -0.274. The predicted octanol–water partition coefficient (Wildman–Crippen LogP) is 1.06. The number of aliphatic carboxylic acids is 1. The zero-order valence-electron chi connectivity index (χ0n) is 8.65. The van der Waals surface area contributed by atoms with Crippen LogP contribution in [0.1, 0.15) is 11.3 Å². The van der Waals surface area contributed by atoms with E-state index in [0.717, 1.165) is 0 Å². The summed E-state index contributed by atoms with van der Waals surface area (Å²) in [6.07, 6.45) is -5.85. The number of ether oxygens (including phenoxy) is 1. The van der Waals surface area contributed by atoms with Gasteiger partial charge in [-0.2, -0.15) is 5.26 Å². The first-order chi connectivity index (χ1) is 8.23. The Kier molecular flexibility index (Phi) is 3.61. The van der Waals surface area contributed by atoms with Gasteiger partial charge in [0.1, 0.15) is 23.3 Å². The van der Waals surface area contributed by atoms with Crippen molar-refractivity contribution in [3.63, 3.8) is 0 Å². The molecule has 6 nitrogen and oxygen atoms in total. The van der Waals surface area contributed by atoms with E-state index in [1.807, 2.05) is 0 Å². The Morgan fingerprint density at radius 1 is 1.61 bits per heavy atom. The van der Waals surface area contributed by atoms with Gasteiger partial charge in [-0.05, 0) is 0 Å². The van der Waals surface area contributed by atoms with Gasteiger partial charge in [0, 0.05) is 11.6 Å². The molecule has 0 atom stereocenters. The van der Waals surface area contributed by atoms with E-state index in [0.29, 0.717) is 6.07 Å². The van der Waals surface area contributed by atoms with Crippen molar-refractivity contribution >= 4 is 11.8 Å². The molecule has 1 rings (SSSR count). The summed E-state index contributed by atoms with van der Waals surface area (Å²) in [5, 5.41) is 17.3. The summed E-state index contributed by atoms with van der Waals surface area (Å²) >= 11 is 0. The summed E-state index contributed by atoms with van der Waals surface area (Å²) < 4.78 is 40.0. The fourth-order valence-electron chi connectivity index (χ4n) is 1.20. The molecule has 0 amide bonds. The Morgan fingerprint density at radius 3 is 2.67 bits per heavy atom. The quantitative estimate of drug-likeness (QED) is 0.841. The Balaban J connectivity index is 3.33. The number of aromatic nitrogens is 1. The molecule has 96 valence electrons. The maximum Gasteiger partial charge on any atom is 0.573 e. The summed E-state index contributed by atoms with van der Waals surface area (Å²) in [6.45, 7) is 0. The highest BCUT2D eigenvalue weighted by atomic mass is 19.4. The molecule has 0 saturated carbocycles. The predicted molar refractivity (Wildman–Crippen MR) is 51.4 cm³/mol. The number of nitriles is 1. The molecule has 0 aromatic carbocycles. The van der Waals surface area contributed by atoms with Crippen molar-refractivity contribution in [2.75, 3.05) is 5.73 Å². The number of hydrogen-bond acceptors (Lipinski definition) is 5. The topological polar surface area (TPSA) is 109 Å². The molecule has 0 saturated heterocycles. The smallest absolute Gasteiger partial charge is 0.481 e. The highest BCUT2D eigenvalue weighted by Gasteiger charge is 2.33. The van der Waals surface area contributed by atoms with E-state index in [4.69, 9.17) is 16.1 Å². The number of carboxylic acid groups (broad SMARTS) is 1. The summed E-state index contributed by atoms with van der Waals surface area (Å²) in [5.41, 5.74) is 4.20. The number of rotatable bonds is 3. The molecule has 0 fully saturated rings. The van der Waals surface area contributed by atoms with Crippen LogP contribution in [-0.2, 0) is 11.2 Å². The average molecular weight is 261 g/mol. The van der Waals surface area contributed by atoms with Crippen LogP contribution in [0.5, 0.6) is 5.75 Å². The Hall–Kier alpha value is -2.50.